The van der Waals surface area contributed by atoms with Crippen molar-refractivity contribution in [3.8, 4) is 0 Å². The summed E-state index contributed by atoms with van der Waals surface area (Å²) >= 11 is 0. The van der Waals surface area contributed by atoms with Gasteiger partial charge in [0, 0.05) is 46.7 Å². The van der Waals surface area contributed by atoms with Crippen molar-refractivity contribution < 1.29 is 45.5 Å². The highest BCUT2D eigenvalue weighted by Gasteiger charge is 2.42. The number of anilines is 2. The highest BCUT2D eigenvalue weighted by Crippen LogP contribution is 2.35. The van der Waals surface area contributed by atoms with Crippen molar-refractivity contribution in [3.05, 3.63) is 23.0 Å². The van der Waals surface area contributed by atoms with E-state index in [9.17, 15) is 40.7 Å². The predicted octanol–water partition coefficient (Wildman–Crippen LogP) is 4.06. The molecule has 0 atom stereocenters. The molecule has 2 N–H and O–H groups in total. The summed E-state index contributed by atoms with van der Waals surface area (Å²) in [4.78, 5) is 44.2. The average Bonchev–Trinajstić information content (AvgIpc) is 3.45. The number of Topliss-reactive ketones (excluding diaryl/α,β-unsaturated/α-hetero) is 1. The molecule has 0 aliphatic carbocycles. The highest BCUT2D eigenvalue weighted by atomic mass is 35.5. The van der Waals surface area contributed by atoms with Gasteiger partial charge in [-0.05, 0) is 27.7 Å². The molecule has 44 heavy (non-hydrogen) atoms. The topological polar surface area (TPSA) is 127 Å². The third-order valence-electron chi connectivity index (χ3n) is 6.32. The number of rotatable bonds is 4. The van der Waals surface area contributed by atoms with Crippen LogP contribution in [0.1, 0.15) is 57.7 Å². The van der Waals surface area contributed by atoms with E-state index in [4.69, 9.17) is 4.74 Å². The van der Waals surface area contributed by atoms with E-state index in [2.05, 4.69) is 20.6 Å². The van der Waals surface area contributed by atoms with Gasteiger partial charge in [-0.15, -0.1) is 12.4 Å². The van der Waals surface area contributed by atoms with Crippen molar-refractivity contribution in [1.82, 2.24) is 29.3 Å². The maximum Gasteiger partial charge on any atom is 0.449 e. The van der Waals surface area contributed by atoms with Crippen molar-refractivity contribution in [2.24, 2.45) is 0 Å². The molecule has 4 rings (SSSR count). The fourth-order valence-electron chi connectivity index (χ4n) is 4.34. The molecule has 248 valence electrons. The van der Waals surface area contributed by atoms with Crippen LogP contribution in [0.4, 0.5) is 42.8 Å². The predicted molar refractivity (Wildman–Crippen MR) is 148 cm³/mol. The van der Waals surface area contributed by atoms with E-state index in [0.29, 0.717) is 12.2 Å². The Bertz CT molecular complexity index is 1370. The first-order chi connectivity index (χ1) is 19.7. The second-order valence-electron chi connectivity index (χ2n) is 10.9. The van der Waals surface area contributed by atoms with Crippen LogP contribution in [0.2, 0.25) is 0 Å². The molecule has 2 aliphatic heterocycles. The van der Waals surface area contributed by atoms with Crippen molar-refractivity contribution in [1.29, 1.82) is 0 Å². The van der Waals surface area contributed by atoms with Crippen LogP contribution in [0.15, 0.2) is 0 Å². The van der Waals surface area contributed by atoms with E-state index >= 15 is 0 Å². The van der Waals surface area contributed by atoms with Crippen molar-refractivity contribution in [3.63, 3.8) is 0 Å². The molecule has 2 amide bonds. The number of carbonyl (C=O) groups excluding carboxylic acids is 3. The summed E-state index contributed by atoms with van der Waals surface area (Å²) in [7, 11) is 1.42. The minimum Gasteiger partial charge on any atom is -0.444 e. The largest absolute Gasteiger partial charge is 0.449 e. The molecule has 12 nitrogen and oxygen atoms in total. The van der Waals surface area contributed by atoms with Crippen molar-refractivity contribution in [2.45, 2.75) is 78.8 Å². The number of ether oxygens (including phenoxy) is 1. The molecule has 4 heterocycles. The van der Waals surface area contributed by atoms with Crippen LogP contribution in [-0.4, -0.2) is 74.1 Å². The van der Waals surface area contributed by atoms with E-state index in [1.807, 2.05) is 0 Å². The lowest BCUT2D eigenvalue weighted by Gasteiger charge is -2.31. The van der Waals surface area contributed by atoms with E-state index < -0.39 is 35.7 Å². The number of nitrogens with zero attached hydrogens (tertiary/aromatic N) is 6. The van der Waals surface area contributed by atoms with Crippen LogP contribution in [0.5, 0.6) is 0 Å². The van der Waals surface area contributed by atoms with E-state index in [1.54, 1.807) is 20.8 Å². The van der Waals surface area contributed by atoms with Crippen LogP contribution in [0.3, 0.4) is 0 Å². The summed E-state index contributed by atoms with van der Waals surface area (Å²) in [6.07, 6.45) is -9.74. The maximum atomic E-state index is 13.2. The fourth-order valence-corrected chi connectivity index (χ4v) is 4.34. The number of hydrogen-bond acceptors (Lipinski definition) is 8. The number of aromatic nitrogens is 4. The van der Waals surface area contributed by atoms with Gasteiger partial charge in [-0.1, -0.05) is 0 Å². The zero-order valence-corrected chi connectivity index (χ0v) is 25.8. The standard InChI is InChI=1S/C15H21F3N4O3.C10H13F3N4O.ClH/c1-9(23)7-19-11-10-8-21(13(24)25-14(2,3)4)5-6-22(10)12(20-11)15(16,17)18;1-6(18)16(2)8-7-5-14-3-4-17(7)9(15-8)10(11,12)13;/h19H,5-8H2,1-4H3;14H,3-5H2,1-2H3;1H. The van der Waals surface area contributed by atoms with E-state index in [-0.39, 0.29) is 80.7 Å². The molecular formula is C25H35ClF6N8O4. The number of fused-ring (bicyclic) bond motifs is 2. The molecule has 0 spiro atoms. The molecule has 0 saturated heterocycles. The monoisotopic (exact) mass is 660 g/mol. The quantitative estimate of drug-likeness (QED) is 0.471. The van der Waals surface area contributed by atoms with Gasteiger partial charge in [0.1, 0.15) is 17.2 Å². The Kier molecular flexibility index (Phi) is 11.3. The molecule has 2 aromatic heterocycles. The van der Waals surface area contributed by atoms with Gasteiger partial charge in [-0.25, -0.2) is 14.8 Å². The van der Waals surface area contributed by atoms with Gasteiger partial charge in [0.2, 0.25) is 17.6 Å². The number of ketones is 1. The Morgan fingerprint density at radius 2 is 1.50 bits per heavy atom. The van der Waals surface area contributed by atoms with Crippen LogP contribution < -0.4 is 15.5 Å². The summed E-state index contributed by atoms with van der Waals surface area (Å²) in [5, 5.41) is 5.59. The molecule has 0 aromatic carbocycles. The summed E-state index contributed by atoms with van der Waals surface area (Å²) in [5.74, 6) is -2.55. The number of imidazole rings is 2. The smallest absolute Gasteiger partial charge is 0.444 e. The van der Waals surface area contributed by atoms with Crippen molar-refractivity contribution >= 4 is 41.8 Å². The average molecular weight is 661 g/mol. The maximum absolute atomic E-state index is 13.2. The lowest BCUT2D eigenvalue weighted by Crippen LogP contribution is -2.42. The number of nitrogens with one attached hydrogen (secondary N) is 2. The zero-order chi connectivity index (χ0) is 32.5. The van der Waals surface area contributed by atoms with Crippen LogP contribution in [0, 0.1) is 0 Å². The first-order valence-corrected chi connectivity index (χ1v) is 13.2. The normalized spacial score (nSPS) is 14.8. The zero-order valence-electron chi connectivity index (χ0n) is 24.9. The van der Waals surface area contributed by atoms with E-state index in [1.165, 1.54) is 25.8 Å². The second-order valence-corrected chi connectivity index (χ2v) is 10.9. The minimum atomic E-state index is -4.63. The van der Waals surface area contributed by atoms with Gasteiger partial charge in [0.15, 0.2) is 5.82 Å². The van der Waals surface area contributed by atoms with Crippen LogP contribution in [0.25, 0.3) is 0 Å². The molecule has 0 fully saturated rings. The number of carbonyl (C=O) groups is 3. The molecule has 2 aliphatic rings. The SMILES string of the molecule is CC(=O)CNc1nc(C(F)(F)F)n2c1CN(C(=O)OC(C)(C)C)CC2.CC(=O)N(C)c1nc(C(F)(F)F)n2c1CNCC2.Cl. The molecule has 0 radical (unpaired) electrons. The summed E-state index contributed by atoms with van der Waals surface area (Å²) < 4.78 is 85.5. The Balaban J connectivity index is 0.000000315. The third kappa shape index (κ3) is 8.77. The number of hydrogen-bond donors (Lipinski definition) is 2. The Labute approximate surface area is 255 Å². The molecule has 19 heteroatoms. The van der Waals surface area contributed by atoms with Gasteiger partial charge in [-0.2, -0.15) is 26.3 Å². The van der Waals surface area contributed by atoms with Crippen LogP contribution >= 0.6 is 12.4 Å². The van der Waals surface area contributed by atoms with Gasteiger partial charge < -0.3 is 29.4 Å². The summed E-state index contributed by atoms with van der Waals surface area (Å²) in [6, 6.07) is 0. The lowest BCUT2D eigenvalue weighted by molar-refractivity contribution is -0.148. The van der Waals surface area contributed by atoms with Gasteiger partial charge in [-0.3, -0.25) is 14.5 Å². The number of amides is 2. The fraction of sp³-hybridized carbons (Fsp3) is 0.640. The molecule has 2 aromatic rings. The Morgan fingerprint density at radius 1 is 0.932 bits per heavy atom. The third-order valence-corrected chi connectivity index (χ3v) is 6.32. The minimum absolute atomic E-state index is 0. The summed E-state index contributed by atoms with van der Waals surface area (Å²) in [6.45, 7) is 8.44. The Morgan fingerprint density at radius 3 is 2.02 bits per heavy atom. The molecular weight excluding hydrogens is 626 g/mol. The molecule has 0 saturated carbocycles. The van der Waals surface area contributed by atoms with Gasteiger partial charge in [0.05, 0.1) is 24.5 Å². The number of alkyl halides is 6. The van der Waals surface area contributed by atoms with Crippen LogP contribution in [-0.2, 0) is 52.9 Å². The van der Waals surface area contributed by atoms with E-state index in [0.717, 1.165) is 14.0 Å². The lowest BCUT2D eigenvalue weighted by atomic mass is 10.2. The van der Waals surface area contributed by atoms with Gasteiger partial charge >= 0.3 is 18.4 Å². The first kappa shape index (κ1) is 36.7. The second kappa shape index (κ2) is 13.6. The molecule has 0 bridgehead atoms. The van der Waals surface area contributed by atoms with Gasteiger partial charge in [0.25, 0.3) is 0 Å². The Hall–Kier alpha value is -3.54. The first-order valence-electron chi connectivity index (χ1n) is 13.2. The molecule has 0 unspecified atom stereocenters. The summed E-state index contributed by atoms with van der Waals surface area (Å²) in [5.41, 5.74) is -0.112. The highest BCUT2D eigenvalue weighted by molar-refractivity contribution is 5.90. The van der Waals surface area contributed by atoms with Crippen molar-refractivity contribution in [2.75, 3.05) is 36.9 Å². The number of halogens is 7.